The first-order valence-corrected chi connectivity index (χ1v) is 9.37. The fourth-order valence-corrected chi connectivity index (χ4v) is 3.14. The summed E-state index contributed by atoms with van der Waals surface area (Å²) in [5.74, 6) is 0.984. The summed E-state index contributed by atoms with van der Waals surface area (Å²) >= 11 is 0. The van der Waals surface area contributed by atoms with Gasteiger partial charge < -0.3 is 19.7 Å². The first-order valence-electron chi connectivity index (χ1n) is 9.37. The Morgan fingerprint density at radius 3 is 2.66 bits per heavy atom. The summed E-state index contributed by atoms with van der Waals surface area (Å²) < 4.78 is 10.6. The number of morpholine rings is 1. The van der Waals surface area contributed by atoms with Crippen molar-refractivity contribution in [1.82, 2.24) is 20.2 Å². The van der Waals surface area contributed by atoms with E-state index in [4.69, 9.17) is 9.47 Å². The molecule has 0 bridgehead atoms. The average molecular weight is 394 g/mol. The van der Waals surface area contributed by atoms with Gasteiger partial charge in [0.2, 0.25) is 11.7 Å². The molecule has 0 aliphatic carbocycles. The Labute approximate surface area is 168 Å². The number of aromatic nitrogens is 4. The molecule has 1 saturated heterocycles. The van der Waals surface area contributed by atoms with Crippen LogP contribution in [0.25, 0.3) is 11.4 Å². The molecule has 0 radical (unpaired) electrons. The van der Waals surface area contributed by atoms with E-state index in [2.05, 4.69) is 25.6 Å². The Kier molecular flexibility index (Phi) is 5.66. The number of ether oxygens (including phenoxy) is 2. The summed E-state index contributed by atoms with van der Waals surface area (Å²) in [7, 11) is 1.61. The monoisotopic (exact) mass is 394 g/mol. The molecule has 1 aromatic heterocycles. The van der Waals surface area contributed by atoms with E-state index >= 15 is 0 Å². The van der Waals surface area contributed by atoms with Crippen molar-refractivity contribution < 1.29 is 14.3 Å². The molecule has 1 aliphatic heterocycles. The number of rotatable bonds is 6. The molecule has 0 saturated carbocycles. The summed E-state index contributed by atoms with van der Waals surface area (Å²) in [5.41, 5.74) is 2.54. The molecule has 150 valence electrons. The van der Waals surface area contributed by atoms with E-state index in [1.165, 1.54) is 4.80 Å². The smallest absolute Gasteiger partial charge is 0.248 e. The zero-order chi connectivity index (χ0) is 20.1. The molecule has 9 nitrogen and oxygen atoms in total. The number of tetrazole rings is 1. The van der Waals surface area contributed by atoms with E-state index in [0.717, 1.165) is 35.8 Å². The van der Waals surface area contributed by atoms with Crippen molar-refractivity contribution in [2.45, 2.75) is 6.54 Å². The number of nitrogens with one attached hydrogen (secondary N) is 1. The van der Waals surface area contributed by atoms with Gasteiger partial charge in [0.05, 0.1) is 31.7 Å². The third-order valence-corrected chi connectivity index (χ3v) is 4.62. The number of carbonyl (C=O) groups is 1. The lowest BCUT2D eigenvalue weighted by atomic mass is 10.2. The number of benzene rings is 2. The van der Waals surface area contributed by atoms with Crippen molar-refractivity contribution in [1.29, 1.82) is 0 Å². The van der Waals surface area contributed by atoms with Crippen LogP contribution in [-0.2, 0) is 16.1 Å². The van der Waals surface area contributed by atoms with E-state index in [0.29, 0.717) is 19.0 Å². The van der Waals surface area contributed by atoms with Crippen LogP contribution in [0.1, 0.15) is 0 Å². The van der Waals surface area contributed by atoms with Gasteiger partial charge in [-0.25, -0.2) is 0 Å². The summed E-state index contributed by atoms with van der Waals surface area (Å²) in [6.07, 6.45) is 0. The number of amides is 1. The van der Waals surface area contributed by atoms with Crippen LogP contribution in [0.4, 0.5) is 11.4 Å². The maximum Gasteiger partial charge on any atom is 0.248 e. The minimum Gasteiger partial charge on any atom is -0.497 e. The maximum absolute atomic E-state index is 12.5. The SMILES string of the molecule is COc1ccc(-c2nnn(CC(=O)Nc3ccccc3N3CCOCC3)n2)cc1. The van der Waals surface area contributed by atoms with Crippen LogP contribution in [0.5, 0.6) is 5.75 Å². The fraction of sp³-hybridized carbons (Fsp3) is 0.300. The van der Waals surface area contributed by atoms with Crippen LogP contribution in [0.15, 0.2) is 48.5 Å². The second-order valence-electron chi connectivity index (χ2n) is 6.54. The summed E-state index contributed by atoms with van der Waals surface area (Å²) in [4.78, 5) is 16.0. The van der Waals surface area contributed by atoms with E-state index < -0.39 is 0 Å². The Balaban J connectivity index is 1.42. The quantitative estimate of drug-likeness (QED) is 0.681. The minimum atomic E-state index is -0.218. The molecule has 1 fully saturated rings. The van der Waals surface area contributed by atoms with E-state index in [1.807, 2.05) is 48.5 Å². The van der Waals surface area contributed by atoms with Gasteiger partial charge in [0.15, 0.2) is 0 Å². The molecular weight excluding hydrogens is 372 g/mol. The molecule has 2 heterocycles. The lowest BCUT2D eigenvalue weighted by Crippen LogP contribution is -2.36. The van der Waals surface area contributed by atoms with Crippen molar-refractivity contribution >= 4 is 17.3 Å². The third-order valence-electron chi connectivity index (χ3n) is 4.62. The molecule has 1 aliphatic rings. The van der Waals surface area contributed by atoms with Gasteiger partial charge in [0, 0.05) is 18.7 Å². The summed E-state index contributed by atoms with van der Waals surface area (Å²) in [6, 6.07) is 15.1. The van der Waals surface area contributed by atoms with E-state index in [9.17, 15) is 4.79 Å². The molecule has 0 unspecified atom stereocenters. The van der Waals surface area contributed by atoms with Crippen LogP contribution in [0.2, 0.25) is 0 Å². The normalized spacial score (nSPS) is 13.9. The van der Waals surface area contributed by atoms with Gasteiger partial charge in [-0.05, 0) is 41.6 Å². The van der Waals surface area contributed by atoms with Crippen molar-refractivity contribution in [2.24, 2.45) is 0 Å². The number of carbonyl (C=O) groups excluding carboxylic acids is 1. The molecule has 0 spiro atoms. The predicted molar refractivity (Wildman–Crippen MR) is 108 cm³/mol. The van der Waals surface area contributed by atoms with Gasteiger partial charge in [-0.3, -0.25) is 4.79 Å². The number of methoxy groups -OCH3 is 1. The molecule has 1 amide bonds. The number of nitrogens with zero attached hydrogens (tertiary/aromatic N) is 5. The second kappa shape index (κ2) is 8.70. The summed E-state index contributed by atoms with van der Waals surface area (Å²) in [6.45, 7) is 2.92. The molecule has 9 heteroatoms. The van der Waals surface area contributed by atoms with Crippen LogP contribution >= 0.6 is 0 Å². The van der Waals surface area contributed by atoms with Crippen LogP contribution in [0, 0.1) is 0 Å². The van der Waals surface area contributed by atoms with Crippen LogP contribution in [0.3, 0.4) is 0 Å². The first-order chi connectivity index (χ1) is 14.2. The third kappa shape index (κ3) is 4.52. The van der Waals surface area contributed by atoms with Crippen LogP contribution < -0.4 is 15.0 Å². The average Bonchev–Trinajstić information content (AvgIpc) is 3.23. The van der Waals surface area contributed by atoms with Crippen LogP contribution in [-0.4, -0.2) is 59.5 Å². The molecule has 29 heavy (non-hydrogen) atoms. The zero-order valence-corrected chi connectivity index (χ0v) is 16.1. The maximum atomic E-state index is 12.5. The number of hydrogen-bond acceptors (Lipinski definition) is 7. The predicted octanol–water partition coefficient (Wildman–Crippen LogP) is 1.82. The topological polar surface area (TPSA) is 94.4 Å². The van der Waals surface area contributed by atoms with Gasteiger partial charge in [-0.2, -0.15) is 4.80 Å². The Hall–Kier alpha value is -3.46. The fourth-order valence-electron chi connectivity index (χ4n) is 3.14. The molecule has 0 atom stereocenters. The van der Waals surface area contributed by atoms with Gasteiger partial charge in [0.25, 0.3) is 0 Å². The van der Waals surface area contributed by atoms with Gasteiger partial charge in [-0.15, -0.1) is 10.2 Å². The molecular formula is C20H22N6O3. The molecule has 2 aromatic carbocycles. The standard InChI is InChI=1S/C20H22N6O3/c1-28-16-8-6-15(7-9-16)20-22-24-26(23-20)14-19(27)21-17-4-2-3-5-18(17)25-10-12-29-13-11-25/h2-9H,10-14H2,1H3,(H,21,27). The lowest BCUT2D eigenvalue weighted by molar-refractivity contribution is -0.117. The highest BCUT2D eigenvalue weighted by Crippen LogP contribution is 2.26. The second-order valence-corrected chi connectivity index (χ2v) is 6.54. The highest BCUT2D eigenvalue weighted by atomic mass is 16.5. The highest BCUT2D eigenvalue weighted by molar-refractivity contribution is 5.94. The van der Waals surface area contributed by atoms with Crippen molar-refractivity contribution in [3.63, 3.8) is 0 Å². The van der Waals surface area contributed by atoms with Crippen molar-refractivity contribution in [3.8, 4) is 17.1 Å². The van der Waals surface area contributed by atoms with Gasteiger partial charge >= 0.3 is 0 Å². The van der Waals surface area contributed by atoms with Gasteiger partial charge in [-0.1, -0.05) is 12.1 Å². The first kappa shape index (κ1) is 18.9. The molecule has 1 N–H and O–H groups in total. The Morgan fingerprint density at radius 1 is 1.14 bits per heavy atom. The lowest BCUT2D eigenvalue weighted by Gasteiger charge is -2.30. The highest BCUT2D eigenvalue weighted by Gasteiger charge is 2.16. The van der Waals surface area contributed by atoms with E-state index in [-0.39, 0.29) is 12.5 Å². The minimum absolute atomic E-state index is 0.0272. The number of hydrogen-bond donors (Lipinski definition) is 1. The van der Waals surface area contributed by atoms with Gasteiger partial charge in [0.1, 0.15) is 12.3 Å². The van der Waals surface area contributed by atoms with Crippen molar-refractivity contribution in [3.05, 3.63) is 48.5 Å². The number of anilines is 2. The molecule has 3 aromatic rings. The number of para-hydroxylation sites is 2. The largest absolute Gasteiger partial charge is 0.497 e. The van der Waals surface area contributed by atoms with Crippen molar-refractivity contribution in [2.75, 3.05) is 43.6 Å². The zero-order valence-electron chi connectivity index (χ0n) is 16.1. The Morgan fingerprint density at radius 2 is 1.90 bits per heavy atom. The summed E-state index contributed by atoms with van der Waals surface area (Å²) in [5, 5.41) is 15.3. The van der Waals surface area contributed by atoms with E-state index in [1.54, 1.807) is 7.11 Å². The molecule has 4 rings (SSSR count). The Bertz CT molecular complexity index is 966.